The highest BCUT2D eigenvalue weighted by Crippen LogP contribution is 2.14. The minimum Gasteiger partial charge on any atom is -0.390 e. The van der Waals surface area contributed by atoms with Gasteiger partial charge in [0.1, 0.15) is 12.2 Å². The molecular weight excluding hydrogens is 232 g/mol. The van der Waals surface area contributed by atoms with Crippen LogP contribution in [-0.2, 0) is 17.7 Å². The molecule has 104 valence electrons. The molecule has 0 aliphatic rings. The van der Waals surface area contributed by atoms with Gasteiger partial charge < -0.3 is 15.2 Å². The van der Waals surface area contributed by atoms with Crippen LogP contribution in [0.1, 0.15) is 26.1 Å². The van der Waals surface area contributed by atoms with Gasteiger partial charge in [-0.25, -0.2) is 4.98 Å². The molecule has 0 aliphatic heterocycles. The molecular formula is C12H24N4O2. The van der Waals surface area contributed by atoms with E-state index in [0.29, 0.717) is 19.4 Å². The van der Waals surface area contributed by atoms with Crippen molar-refractivity contribution in [2.45, 2.75) is 38.8 Å². The van der Waals surface area contributed by atoms with Gasteiger partial charge in [-0.15, -0.1) is 0 Å². The first kappa shape index (κ1) is 15.1. The maximum Gasteiger partial charge on any atom is 0.138 e. The Hall–Kier alpha value is -0.980. The molecule has 1 heterocycles. The number of nitrogens with zero attached hydrogens (tertiary/aromatic N) is 3. The summed E-state index contributed by atoms with van der Waals surface area (Å²) < 4.78 is 6.76. The number of aliphatic hydroxyl groups is 1. The average Bonchev–Trinajstić information content (AvgIpc) is 2.75. The molecule has 1 aromatic heterocycles. The molecule has 0 spiro atoms. The fourth-order valence-corrected chi connectivity index (χ4v) is 1.78. The van der Waals surface area contributed by atoms with E-state index < -0.39 is 5.60 Å². The van der Waals surface area contributed by atoms with Crippen LogP contribution in [0.4, 0.5) is 0 Å². The second kappa shape index (κ2) is 7.45. The maximum absolute atomic E-state index is 10.3. The molecule has 0 bridgehead atoms. The van der Waals surface area contributed by atoms with Crippen molar-refractivity contribution in [3.8, 4) is 0 Å². The number of ether oxygens (including phenoxy) is 1. The summed E-state index contributed by atoms with van der Waals surface area (Å²) in [6.07, 6.45) is 2.73. The van der Waals surface area contributed by atoms with Crippen LogP contribution in [0.15, 0.2) is 6.33 Å². The number of aryl methyl sites for hydroxylation is 1. The van der Waals surface area contributed by atoms with Gasteiger partial charge in [-0.05, 0) is 26.8 Å². The molecule has 1 aromatic rings. The van der Waals surface area contributed by atoms with Gasteiger partial charge in [-0.3, -0.25) is 4.68 Å². The zero-order chi connectivity index (χ0) is 13.4. The van der Waals surface area contributed by atoms with Gasteiger partial charge in [0.25, 0.3) is 0 Å². The van der Waals surface area contributed by atoms with Gasteiger partial charge in [0.2, 0.25) is 0 Å². The Morgan fingerprint density at radius 3 is 2.94 bits per heavy atom. The van der Waals surface area contributed by atoms with Crippen molar-refractivity contribution in [1.29, 1.82) is 0 Å². The van der Waals surface area contributed by atoms with Crippen molar-refractivity contribution in [1.82, 2.24) is 20.1 Å². The predicted molar refractivity (Wildman–Crippen MR) is 69.4 cm³/mol. The van der Waals surface area contributed by atoms with Crippen LogP contribution in [0, 0.1) is 0 Å². The highest BCUT2D eigenvalue weighted by molar-refractivity contribution is 4.92. The molecule has 0 fully saturated rings. The molecule has 0 amide bonds. The molecule has 0 saturated heterocycles. The second-order valence-electron chi connectivity index (χ2n) is 4.66. The summed E-state index contributed by atoms with van der Waals surface area (Å²) in [6.45, 7) is 6.87. The van der Waals surface area contributed by atoms with Crippen LogP contribution >= 0.6 is 0 Å². The number of hydrogen-bond acceptors (Lipinski definition) is 5. The lowest BCUT2D eigenvalue weighted by atomic mass is 9.97. The monoisotopic (exact) mass is 256 g/mol. The summed E-state index contributed by atoms with van der Waals surface area (Å²) in [4.78, 5) is 4.18. The summed E-state index contributed by atoms with van der Waals surface area (Å²) in [5.74, 6) is 0.833. The molecule has 18 heavy (non-hydrogen) atoms. The smallest absolute Gasteiger partial charge is 0.138 e. The number of aromatic nitrogens is 3. The summed E-state index contributed by atoms with van der Waals surface area (Å²) in [7, 11) is 1.68. The first-order valence-electron chi connectivity index (χ1n) is 6.38. The van der Waals surface area contributed by atoms with E-state index in [-0.39, 0.29) is 0 Å². The van der Waals surface area contributed by atoms with Crippen LogP contribution in [0.5, 0.6) is 0 Å². The minimum atomic E-state index is -0.764. The third-order valence-corrected chi connectivity index (χ3v) is 2.86. The summed E-state index contributed by atoms with van der Waals surface area (Å²) in [6, 6.07) is 0. The van der Waals surface area contributed by atoms with E-state index in [0.717, 1.165) is 25.5 Å². The Balaban J connectivity index is 2.34. The van der Waals surface area contributed by atoms with Gasteiger partial charge in [0.15, 0.2) is 0 Å². The Morgan fingerprint density at radius 1 is 1.50 bits per heavy atom. The molecule has 6 heteroatoms. The van der Waals surface area contributed by atoms with Crippen molar-refractivity contribution in [3.05, 3.63) is 12.2 Å². The fraction of sp³-hybridized carbons (Fsp3) is 0.833. The second-order valence-corrected chi connectivity index (χ2v) is 4.66. The summed E-state index contributed by atoms with van der Waals surface area (Å²) in [5.41, 5.74) is -0.764. The molecule has 1 rings (SSSR count). The van der Waals surface area contributed by atoms with Crippen LogP contribution < -0.4 is 5.32 Å². The topological polar surface area (TPSA) is 72.2 Å². The molecule has 6 nitrogen and oxygen atoms in total. The van der Waals surface area contributed by atoms with Crippen molar-refractivity contribution < 1.29 is 9.84 Å². The van der Waals surface area contributed by atoms with E-state index >= 15 is 0 Å². The SMILES string of the molecule is CCn1ncnc1CC(C)(O)CCNCCOC. The van der Waals surface area contributed by atoms with Gasteiger partial charge in [-0.2, -0.15) is 5.10 Å². The molecule has 0 aromatic carbocycles. The lowest BCUT2D eigenvalue weighted by molar-refractivity contribution is 0.0480. The number of nitrogens with one attached hydrogen (secondary N) is 1. The Morgan fingerprint density at radius 2 is 2.28 bits per heavy atom. The zero-order valence-electron chi connectivity index (χ0n) is 11.5. The van der Waals surface area contributed by atoms with E-state index in [1.807, 2.05) is 18.5 Å². The standard InChI is InChI=1S/C12H24N4O2/c1-4-16-11(14-10-15-16)9-12(2,17)5-6-13-7-8-18-3/h10,13,17H,4-9H2,1-3H3. The van der Waals surface area contributed by atoms with Gasteiger partial charge in [-0.1, -0.05) is 0 Å². The van der Waals surface area contributed by atoms with Crippen LogP contribution in [0.2, 0.25) is 0 Å². The van der Waals surface area contributed by atoms with E-state index in [1.54, 1.807) is 7.11 Å². The summed E-state index contributed by atoms with van der Waals surface area (Å²) in [5, 5.41) is 17.6. The predicted octanol–water partition coefficient (Wildman–Crippen LogP) is 0.218. The number of hydrogen-bond donors (Lipinski definition) is 2. The highest BCUT2D eigenvalue weighted by Gasteiger charge is 2.23. The van der Waals surface area contributed by atoms with Crippen molar-refractivity contribution in [2.75, 3.05) is 26.8 Å². The third kappa shape index (κ3) is 5.12. The van der Waals surface area contributed by atoms with E-state index in [2.05, 4.69) is 15.4 Å². The first-order valence-corrected chi connectivity index (χ1v) is 6.38. The number of methoxy groups -OCH3 is 1. The Bertz CT molecular complexity index is 339. The minimum absolute atomic E-state index is 0.521. The van der Waals surface area contributed by atoms with Crippen molar-refractivity contribution >= 4 is 0 Å². The van der Waals surface area contributed by atoms with Crippen molar-refractivity contribution in [2.24, 2.45) is 0 Å². The summed E-state index contributed by atoms with van der Waals surface area (Å²) >= 11 is 0. The Kier molecular flexibility index (Phi) is 6.24. The third-order valence-electron chi connectivity index (χ3n) is 2.86. The quantitative estimate of drug-likeness (QED) is 0.618. The Labute approximate surface area is 108 Å². The normalized spacial score (nSPS) is 14.7. The lowest BCUT2D eigenvalue weighted by Crippen LogP contribution is -2.34. The molecule has 1 unspecified atom stereocenters. The fourth-order valence-electron chi connectivity index (χ4n) is 1.78. The zero-order valence-corrected chi connectivity index (χ0v) is 11.5. The first-order chi connectivity index (χ1) is 8.59. The largest absolute Gasteiger partial charge is 0.390 e. The molecule has 2 N–H and O–H groups in total. The molecule has 1 atom stereocenters. The lowest BCUT2D eigenvalue weighted by Gasteiger charge is -2.23. The highest BCUT2D eigenvalue weighted by atomic mass is 16.5. The molecule has 0 aliphatic carbocycles. The van der Waals surface area contributed by atoms with Crippen molar-refractivity contribution in [3.63, 3.8) is 0 Å². The number of rotatable bonds is 9. The van der Waals surface area contributed by atoms with Gasteiger partial charge >= 0.3 is 0 Å². The van der Waals surface area contributed by atoms with E-state index in [4.69, 9.17) is 4.74 Å². The van der Waals surface area contributed by atoms with Gasteiger partial charge in [0, 0.05) is 26.6 Å². The average molecular weight is 256 g/mol. The molecule has 0 radical (unpaired) electrons. The van der Waals surface area contributed by atoms with Crippen LogP contribution in [0.25, 0.3) is 0 Å². The molecule has 0 saturated carbocycles. The van der Waals surface area contributed by atoms with Gasteiger partial charge in [0.05, 0.1) is 12.2 Å². The van der Waals surface area contributed by atoms with E-state index in [9.17, 15) is 5.11 Å². The maximum atomic E-state index is 10.3. The van der Waals surface area contributed by atoms with Crippen LogP contribution in [0.3, 0.4) is 0 Å². The van der Waals surface area contributed by atoms with Crippen LogP contribution in [-0.4, -0.2) is 52.3 Å². The van der Waals surface area contributed by atoms with E-state index in [1.165, 1.54) is 6.33 Å².